The summed E-state index contributed by atoms with van der Waals surface area (Å²) < 4.78 is 33.5. The van der Waals surface area contributed by atoms with E-state index < -0.39 is 10.0 Å². The minimum Gasteiger partial charge on any atom is -0.379 e. The van der Waals surface area contributed by atoms with Crippen molar-refractivity contribution >= 4 is 26.0 Å². The zero-order valence-corrected chi connectivity index (χ0v) is 14.7. The van der Waals surface area contributed by atoms with Crippen molar-refractivity contribution in [2.24, 2.45) is 0 Å². The van der Waals surface area contributed by atoms with Crippen LogP contribution in [-0.4, -0.2) is 52.2 Å². The molecule has 0 saturated carbocycles. The fraction of sp³-hybridized carbons (Fsp3) is 0.571. The van der Waals surface area contributed by atoms with E-state index in [1.165, 1.54) is 0 Å². The Balaban J connectivity index is 2.02. The van der Waals surface area contributed by atoms with Gasteiger partial charge in [-0.1, -0.05) is 6.07 Å². The molecule has 0 unspecified atom stereocenters. The largest absolute Gasteiger partial charge is 0.379 e. The summed E-state index contributed by atoms with van der Waals surface area (Å²) >= 11 is 3.33. The van der Waals surface area contributed by atoms with E-state index in [9.17, 15) is 8.42 Å². The number of halogens is 1. The molecule has 0 radical (unpaired) electrons. The molecular weight excluding hydrogens is 356 g/mol. The molecule has 5 nitrogen and oxygen atoms in total. The van der Waals surface area contributed by atoms with Gasteiger partial charge < -0.3 is 4.74 Å². The molecule has 0 aromatic heterocycles. The Morgan fingerprint density at radius 1 is 1.38 bits per heavy atom. The van der Waals surface area contributed by atoms with Crippen LogP contribution in [0.25, 0.3) is 0 Å². The van der Waals surface area contributed by atoms with Crippen molar-refractivity contribution < 1.29 is 13.2 Å². The number of hydrogen-bond acceptors (Lipinski definition) is 4. The van der Waals surface area contributed by atoms with E-state index in [2.05, 4.69) is 25.6 Å². The first-order valence-corrected chi connectivity index (χ1v) is 9.25. The molecule has 1 aromatic carbocycles. The van der Waals surface area contributed by atoms with Gasteiger partial charge in [0.05, 0.1) is 18.1 Å². The number of rotatable bonds is 5. The number of aryl methyl sites for hydroxylation is 1. The van der Waals surface area contributed by atoms with Crippen LogP contribution in [0.1, 0.15) is 12.5 Å². The van der Waals surface area contributed by atoms with Crippen LogP contribution in [0, 0.1) is 6.92 Å². The lowest BCUT2D eigenvalue weighted by atomic mass is 10.2. The maximum atomic E-state index is 12.4. The van der Waals surface area contributed by atoms with Crippen LogP contribution in [0.5, 0.6) is 0 Å². The molecule has 1 N–H and O–H groups in total. The van der Waals surface area contributed by atoms with Gasteiger partial charge in [-0.05, 0) is 47.5 Å². The van der Waals surface area contributed by atoms with Gasteiger partial charge in [-0.25, -0.2) is 13.1 Å². The van der Waals surface area contributed by atoms with Gasteiger partial charge in [-0.3, -0.25) is 4.90 Å². The van der Waals surface area contributed by atoms with Crippen molar-refractivity contribution in [2.45, 2.75) is 24.8 Å². The first-order valence-electron chi connectivity index (χ1n) is 6.97. The summed E-state index contributed by atoms with van der Waals surface area (Å²) in [7, 11) is -3.51. The van der Waals surface area contributed by atoms with Crippen LogP contribution < -0.4 is 4.72 Å². The number of nitrogens with one attached hydrogen (secondary N) is 1. The summed E-state index contributed by atoms with van der Waals surface area (Å²) in [5.41, 5.74) is 1.02. The normalized spacial score (nSPS) is 18.6. The molecule has 1 saturated heterocycles. The highest BCUT2D eigenvalue weighted by atomic mass is 79.9. The Kier molecular flexibility index (Phi) is 5.79. The average Bonchev–Trinajstić information content (AvgIpc) is 2.38. The van der Waals surface area contributed by atoms with Gasteiger partial charge in [-0.15, -0.1) is 0 Å². The smallest absolute Gasteiger partial charge is 0.241 e. The molecule has 1 atom stereocenters. The molecule has 1 aliphatic rings. The molecule has 1 aromatic rings. The van der Waals surface area contributed by atoms with Gasteiger partial charge in [0.1, 0.15) is 0 Å². The van der Waals surface area contributed by atoms with E-state index in [4.69, 9.17) is 4.74 Å². The lowest BCUT2D eigenvalue weighted by Crippen LogP contribution is -2.45. The Bertz CT molecular complexity index is 586. The van der Waals surface area contributed by atoms with Crippen molar-refractivity contribution in [3.63, 3.8) is 0 Å². The van der Waals surface area contributed by atoms with Gasteiger partial charge in [0, 0.05) is 30.1 Å². The molecule has 1 heterocycles. The Morgan fingerprint density at radius 3 is 2.67 bits per heavy atom. The minimum atomic E-state index is -3.51. The highest BCUT2D eigenvalue weighted by Crippen LogP contribution is 2.23. The zero-order valence-electron chi connectivity index (χ0n) is 12.3. The molecule has 0 aliphatic carbocycles. The number of hydrogen-bond donors (Lipinski definition) is 1. The Morgan fingerprint density at radius 2 is 2.05 bits per heavy atom. The van der Waals surface area contributed by atoms with Crippen LogP contribution in [-0.2, 0) is 14.8 Å². The molecule has 2 rings (SSSR count). The zero-order chi connectivity index (χ0) is 15.5. The van der Waals surface area contributed by atoms with Crippen LogP contribution in [0.2, 0.25) is 0 Å². The van der Waals surface area contributed by atoms with Gasteiger partial charge in [0.15, 0.2) is 0 Å². The first kappa shape index (κ1) is 16.9. The molecule has 0 bridgehead atoms. The van der Waals surface area contributed by atoms with Crippen LogP contribution in [0.15, 0.2) is 27.6 Å². The van der Waals surface area contributed by atoms with Gasteiger partial charge >= 0.3 is 0 Å². The highest BCUT2D eigenvalue weighted by Gasteiger charge is 2.22. The number of benzene rings is 1. The standard InChI is InChI=1S/C14H21BrN2O3S/c1-11-3-4-14(13(15)9-11)21(18,19)16-12(2)10-17-5-7-20-8-6-17/h3-4,9,12,16H,5-8,10H2,1-2H3/t12-/m1/s1. The third-order valence-corrected chi connectivity index (χ3v) is 5.94. The monoisotopic (exact) mass is 376 g/mol. The maximum absolute atomic E-state index is 12.4. The van der Waals surface area contributed by atoms with E-state index >= 15 is 0 Å². The van der Waals surface area contributed by atoms with Crippen molar-refractivity contribution in [1.29, 1.82) is 0 Å². The molecule has 1 aliphatic heterocycles. The molecule has 118 valence electrons. The Hall–Kier alpha value is -0.470. The number of sulfonamides is 1. The molecule has 21 heavy (non-hydrogen) atoms. The second-order valence-corrected chi connectivity index (χ2v) is 7.91. The highest BCUT2D eigenvalue weighted by molar-refractivity contribution is 9.10. The van der Waals surface area contributed by atoms with Crippen LogP contribution in [0.3, 0.4) is 0 Å². The third-order valence-electron chi connectivity index (χ3n) is 3.37. The SMILES string of the molecule is Cc1ccc(S(=O)(=O)N[C@H](C)CN2CCOCC2)c(Br)c1. The van der Waals surface area contributed by atoms with Crippen LogP contribution >= 0.6 is 15.9 Å². The number of nitrogens with zero attached hydrogens (tertiary/aromatic N) is 1. The molecule has 7 heteroatoms. The second kappa shape index (κ2) is 7.19. The van der Waals surface area contributed by atoms with Crippen molar-refractivity contribution in [3.05, 3.63) is 28.2 Å². The molecule has 1 fully saturated rings. The summed E-state index contributed by atoms with van der Waals surface area (Å²) in [4.78, 5) is 2.49. The quantitative estimate of drug-likeness (QED) is 0.850. The second-order valence-electron chi connectivity index (χ2n) is 5.37. The predicted molar refractivity (Wildman–Crippen MR) is 85.9 cm³/mol. The predicted octanol–water partition coefficient (Wildman–Crippen LogP) is 1.76. The number of morpholine rings is 1. The lowest BCUT2D eigenvalue weighted by molar-refractivity contribution is 0.0354. The van der Waals surface area contributed by atoms with E-state index in [1.807, 2.05) is 13.8 Å². The topological polar surface area (TPSA) is 58.6 Å². The Labute approximate surface area is 134 Å². The molecule has 0 spiro atoms. The van der Waals surface area contributed by atoms with Gasteiger partial charge in [0.25, 0.3) is 0 Å². The fourth-order valence-corrected chi connectivity index (χ4v) is 4.79. The lowest BCUT2D eigenvalue weighted by Gasteiger charge is -2.29. The summed E-state index contributed by atoms with van der Waals surface area (Å²) in [6.07, 6.45) is 0. The van der Waals surface area contributed by atoms with Crippen LogP contribution in [0.4, 0.5) is 0 Å². The van der Waals surface area contributed by atoms with Gasteiger partial charge in [0.2, 0.25) is 10.0 Å². The summed E-state index contributed by atoms with van der Waals surface area (Å²) in [5, 5.41) is 0. The summed E-state index contributed by atoms with van der Waals surface area (Å²) in [5.74, 6) is 0. The fourth-order valence-electron chi connectivity index (χ4n) is 2.36. The maximum Gasteiger partial charge on any atom is 0.241 e. The summed E-state index contributed by atoms with van der Waals surface area (Å²) in [6.45, 7) is 7.61. The van der Waals surface area contributed by atoms with E-state index in [0.29, 0.717) is 24.2 Å². The van der Waals surface area contributed by atoms with E-state index in [0.717, 1.165) is 18.7 Å². The molecule has 0 amide bonds. The number of ether oxygens (including phenoxy) is 1. The van der Waals surface area contributed by atoms with E-state index in [1.54, 1.807) is 18.2 Å². The van der Waals surface area contributed by atoms with Gasteiger partial charge in [-0.2, -0.15) is 0 Å². The van der Waals surface area contributed by atoms with Crippen molar-refractivity contribution in [2.75, 3.05) is 32.8 Å². The third kappa shape index (κ3) is 4.75. The minimum absolute atomic E-state index is 0.152. The van der Waals surface area contributed by atoms with Crippen molar-refractivity contribution in [1.82, 2.24) is 9.62 Å². The average molecular weight is 377 g/mol. The van der Waals surface area contributed by atoms with E-state index in [-0.39, 0.29) is 10.9 Å². The van der Waals surface area contributed by atoms with Crippen molar-refractivity contribution in [3.8, 4) is 0 Å². The molecular formula is C14H21BrN2O3S. The first-order chi connectivity index (χ1) is 9.88. The summed E-state index contributed by atoms with van der Waals surface area (Å²) in [6, 6.07) is 5.08.